The van der Waals surface area contributed by atoms with Crippen LogP contribution in [0.3, 0.4) is 0 Å². The molecular formula is C25H16ClF7N4O2. The van der Waals surface area contributed by atoms with Crippen molar-refractivity contribution in [2.45, 2.75) is 37.0 Å². The highest BCUT2D eigenvalue weighted by Crippen LogP contribution is 2.42. The fraction of sp³-hybridized carbons (Fsp3) is 0.240. The molecule has 1 aromatic heterocycles. The van der Waals surface area contributed by atoms with Gasteiger partial charge in [0.15, 0.2) is 0 Å². The van der Waals surface area contributed by atoms with E-state index in [0.717, 1.165) is 12.1 Å². The largest absolute Gasteiger partial charge is 0.416 e. The number of amides is 2. The predicted octanol–water partition coefficient (Wildman–Crippen LogP) is 6.33. The van der Waals surface area contributed by atoms with Gasteiger partial charge in [0.25, 0.3) is 17.7 Å². The Bertz CT molecular complexity index is 1500. The monoisotopic (exact) mass is 572 g/mol. The average molecular weight is 573 g/mol. The molecule has 1 atom stereocenters. The number of pyridine rings is 1. The second-order valence-corrected chi connectivity index (χ2v) is 9.58. The highest BCUT2D eigenvalue weighted by Gasteiger charge is 2.46. The van der Waals surface area contributed by atoms with Crippen LogP contribution in [-0.4, -0.2) is 28.8 Å². The van der Waals surface area contributed by atoms with E-state index in [-0.39, 0.29) is 39.4 Å². The first-order valence-corrected chi connectivity index (χ1v) is 11.7. The fourth-order valence-electron chi connectivity index (χ4n) is 4.49. The maximum atomic E-state index is 14.0. The summed E-state index contributed by atoms with van der Waals surface area (Å²) < 4.78 is 94.2. The molecule has 2 amide bonds. The third-order valence-electron chi connectivity index (χ3n) is 6.28. The smallest absolute Gasteiger partial charge is 0.367 e. The minimum absolute atomic E-state index is 0.00205. The first-order chi connectivity index (χ1) is 18.2. The van der Waals surface area contributed by atoms with Crippen LogP contribution in [0.5, 0.6) is 0 Å². The number of alkyl halides is 5. The van der Waals surface area contributed by atoms with Crippen LogP contribution in [-0.2, 0) is 6.18 Å². The Hall–Kier alpha value is -3.87. The van der Waals surface area contributed by atoms with Crippen molar-refractivity contribution in [2.24, 2.45) is 0 Å². The number of halogens is 8. The van der Waals surface area contributed by atoms with Crippen molar-refractivity contribution in [1.29, 1.82) is 0 Å². The highest BCUT2D eigenvalue weighted by molar-refractivity contribution is 6.31. The lowest BCUT2D eigenvalue weighted by molar-refractivity contribution is -0.137. The third kappa shape index (κ3) is 5.35. The molecule has 39 heavy (non-hydrogen) atoms. The first-order valence-electron chi connectivity index (χ1n) is 11.3. The zero-order valence-corrected chi connectivity index (χ0v) is 20.2. The van der Waals surface area contributed by atoms with Crippen molar-refractivity contribution < 1.29 is 40.3 Å². The molecule has 14 heteroatoms. The Morgan fingerprint density at radius 3 is 2.44 bits per heavy atom. The maximum Gasteiger partial charge on any atom is 0.416 e. The summed E-state index contributed by atoms with van der Waals surface area (Å²) in [6.07, 6.45) is -5.96. The van der Waals surface area contributed by atoms with Crippen molar-refractivity contribution in [3.63, 3.8) is 0 Å². The molecule has 1 fully saturated rings. The van der Waals surface area contributed by atoms with Crippen LogP contribution >= 0.6 is 11.6 Å². The van der Waals surface area contributed by atoms with Crippen molar-refractivity contribution in [1.82, 2.24) is 10.3 Å². The summed E-state index contributed by atoms with van der Waals surface area (Å²) in [6, 6.07) is 3.96. The van der Waals surface area contributed by atoms with Gasteiger partial charge in [-0.25, -0.2) is 22.5 Å². The van der Waals surface area contributed by atoms with Gasteiger partial charge in [0.2, 0.25) is 0 Å². The molecule has 6 nitrogen and oxygen atoms in total. The second-order valence-electron chi connectivity index (χ2n) is 9.18. The standard InChI is InChI=1S/C25H16ClF7N4O2/c26-16-2-1-12(27)6-15(16)20-19-17(35-22(38)10-3-11(25(31,32)33)5-13(28)4-10)7-18(36-21(19)23(39)37-20)34-14-8-24(29,30)9-14/h1-7,14,20H,8-9H2,(H,37,39)(H2,34,35,36,38). The van der Waals surface area contributed by atoms with Gasteiger partial charge in [0.05, 0.1) is 17.3 Å². The molecule has 3 aromatic rings. The van der Waals surface area contributed by atoms with Crippen LogP contribution in [0.4, 0.5) is 42.2 Å². The van der Waals surface area contributed by atoms with Gasteiger partial charge in [-0.2, -0.15) is 13.2 Å². The number of nitrogens with zero attached hydrogens (tertiary/aromatic N) is 1. The number of carbonyl (C=O) groups excluding carboxylic acids is 2. The normalized spacial score (nSPS) is 18.3. The lowest BCUT2D eigenvalue weighted by atomic mass is 9.88. The topological polar surface area (TPSA) is 83.1 Å². The van der Waals surface area contributed by atoms with E-state index in [1.807, 2.05) is 0 Å². The van der Waals surface area contributed by atoms with E-state index in [0.29, 0.717) is 12.1 Å². The lowest BCUT2D eigenvalue weighted by Gasteiger charge is -2.35. The maximum absolute atomic E-state index is 14.0. The summed E-state index contributed by atoms with van der Waals surface area (Å²) in [7, 11) is 0. The minimum atomic E-state index is -4.94. The molecule has 0 bridgehead atoms. The van der Waals surface area contributed by atoms with E-state index in [1.54, 1.807) is 0 Å². The van der Waals surface area contributed by atoms with Gasteiger partial charge in [-0.05, 0) is 36.4 Å². The van der Waals surface area contributed by atoms with E-state index in [9.17, 15) is 40.3 Å². The van der Waals surface area contributed by atoms with Gasteiger partial charge >= 0.3 is 6.18 Å². The van der Waals surface area contributed by atoms with Crippen LogP contribution in [0.2, 0.25) is 5.02 Å². The zero-order valence-electron chi connectivity index (χ0n) is 19.4. The Morgan fingerprint density at radius 1 is 1.05 bits per heavy atom. The van der Waals surface area contributed by atoms with Crippen LogP contribution in [0.25, 0.3) is 0 Å². The molecular weight excluding hydrogens is 557 g/mol. The molecule has 1 aliphatic heterocycles. The molecule has 0 spiro atoms. The van der Waals surface area contributed by atoms with Crippen LogP contribution in [0, 0.1) is 11.6 Å². The molecule has 1 aliphatic carbocycles. The molecule has 2 heterocycles. The average Bonchev–Trinajstić information content (AvgIpc) is 3.15. The summed E-state index contributed by atoms with van der Waals surface area (Å²) in [4.78, 5) is 30.0. The number of benzene rings is 2. The molecule has 2 aromatic carbocycles. The Balaban J connectivity index is 1.57. The molecule has 2 aliphatic rings. The predicted molar refractivity (Wildman–Crippen MR) is 126 cm³/mol. The molecule has 1 saturated carbocycles. The quantitative estimate of drug-likeness (QED) is 0.312. The molecule has 204 valence electrons. The number of nitrogens with one attached hydrogen (secondary N) is 3. The lowest BCUT2D eigenvalue weighted by Crippen LogP contribution is -2.44. The van der Waals surface area contributed by atoms with Gasteiger partial charge in [-0.1, -0.05) is 11.6 Å². The van der Waals surface area contributed by atoms with Gasteiger partial charge in [0, 0.05) is 46.7 Å². The van der Waals surface area contributed by atoms with E-state index in [4.69, 9.17) is 11.6 Å². The van der Waals surface area contributed by atoms with E-state index >= 15 is 0 Å². The van der Waals surface area contributed by atoms with Gasteiger partial charge < -0.3 is 16.0 Å². The van der Waals surface area contributed by atoms with Crippen molar-refractivity contribution in [2.75, 3.05) is 10.6 Å². The molecule has 5 rings (SSSR count). The van der Waals surface area contributed by atoms with Gasteiger partial charge in [0.1, 0.15) is 23.1 Å². The summed E-state index contributed by atoms with van der Waals surface area (Å²) >= 11 is 6.22. The van der Waals surface area contributed by atoms with Crippen LogP contribution < -0.4 is 16.0 Å². The fourth-order valence-corrected chi connectivity index (χ4v) is 4.72. The van der Waals surface area contributed by atoms with Crippen molar-refractivity contribution in [3.8, 4) is 0 Å². The minimum Gasteiger partial charge on any atom is -0.367 e. The van der Waals surface area contributed by atoms with Crippen molar-refractivity contribution >= 4 is 34.9 Å². The first kappa shape index (κ1) is 26.7. The van der Waals surface area contributed by atoms with E-state index in [1.165, 1.54) is 12.1 Å². The Kier molecular flexibility index (Phi) is 6.44. The molecule has 3 N–H and O–H groups in total. The molecule has 0 radical (unpaired) electrons. The number of aromatic nitrogens is 1. The van der Waals surface area contributed by atoms with E-state index in [2.05, 4.69) is 20.9 Å². The van der Waals surface area contributed by atoms with Crippen LogP contribution in [0.1, 0.15) is 56.4 Å². The number of carbonyl (C=O) groups is 2. The molecule has 1 unspecified atom stereocenters. The number of fused-ring (bicyclic) bond motifs is 1. The molecule has 0 saturated heterocycles. The summed E-state index contributed by atoms with van der Waals surface area (Å²) in [5.41, 5.74) is -2.42. The Labute approximate surface area is 220 Å². The summed E-state index contributed by atoms with van der Waals surface area (Å²) in [6.45, 7) is 0. The summed E-state index contributed by atoms with van der Waals surface area (Å²) in [5, 5.41) is 7.69. The number of rotatable bonds is 5. The number of anilines is 2. The third-order valence-corrected chi connectivity index (χ3v) is 6.63. The van der Waals surface area contributed by atoms with Gasteiger partial charge in [-0.3, -0.25) is 9.59 Å². The SMILES string of the molecule is O=C(Nc1cc(NC2CC(F)(F)C2)nc2c1C(c1cc(F)ccc1Cl)NC2=O)c1cc(F)cc(C(F)(F)F)c1. The Morgan fingerprint density at radius 2 is 1.77 bits per heavy atom. The second kappa shape index (κ2) is 9.40. The van der Waals surface area contributed by atoms with Gasteiger partial charge in [-0.15, -0.1) is 0 Å². The zero-order chi connectivity index (χ0) is 28.3. The summed E-state index contributed by atoms with van der Waals surface area (Å²) in [5.74, 6) is -6.91. The number of hydrogen-bond acceptors (Lipinski definition) is 4. The van der Waals surface area contributed by atoms with Crippen LogP contribution in [0.15, 0.2) is 42.5 Å². The van der Waals surface area contributed by atoms with E-state index < -0.39 is 71.6 Å². The van der Waals surface area contributed by atoms with Crippen molar-refractivity contribution in [3.05, 3.63) is 87.1 Å². The number of hydrogen-bond donors (Lipinski definition) is 3. The highest BCUT2D eigenvalue weighted by atomic mass is 35.5.